The molecule has 0 N–H and O–H groups in total. The van der Waals surface area contributed by atoms with Crippen molar-refractivity contribution in [2.45, 2.75) is 6.92 Å². The molecule has 0 bridgehead atoms. The molecule has 0 radical (unpaired) electrons. The fraction of sp³-hybridized carbons (Fsp3) is 0.125. The quantitative estimate of drug-likeness (QED) is 0.686. The van der Waals surface area contributed by atoms with Crippen molar-refractivity contribution in [2.24, 2.45) is 0 Å². The largest absolute Gasteiger partial charge is 0.462 e. The number of pyridine rings is 1. The molecule has 0 atom stereocenters. The van der Waals surface area contributed by atoms with Crippen LogP contribution < -0.4 is 0 Å². The number of halogens is 2. The fourth-order valence-electron chi connectivity index (χ4n) is 2.14. The number of ether oxygens (including phenoxy) is 1. The molecule has 22 heavy (non-hydrogen) atoms. The molecule has 6 heteroatoms. The van der Waals surface area contributed by atoms with Gasteiger partial charge < -0.3 is 9.14 Å². The summed E-state index contributed by atoms with van der Waals surface area (Å²) in [4.78, 5) is 16.2. The highest BCUT2D eigenvalue weighted by atomic mass is 35.5. The van der Waals surface area contributed by atoms with Gasteiger partial charge in [0.1, 0.15) is 5.82 Å². The minimum absolute atomic E-state index is 0.291. The van der Waals surface area contributed by atoms with Gasteiger partial charge in [0.15, 0.2) is 5.65 Å². The minimum Gasteiger partial charge on any atom is -0.462 e. The third-order valence-corrected chi connectivity index (χ3v) is 3.44. The summed E-state index contributed by atoms with van der Waals surface area (Å²) in [5, 5.41) is 0.346. The van der Waals surface area contributed by atoms with Crippen LogP contribution in [0.25, 0.3) is 16.9 Å². The molecule has 0 aliphatic carbocycles. The number of aromatic nitrogens is 2. The van der Waals surface area contributed by atoms with Crippen molar-refractivity contribution in [3.05, 3.63) is 59.1 Å². The second-order valence-corrected chi connectivity index (χ2v) is 5.07. The highest BCUT2D eigenvalue weighted by Crippen LogP contribution is 2.24. The normalized spacial score (nSPS) is 10.9. The molecule has 0 fully saturated rings. The Morgan fingerprint density at radius 3 is 2.73 bits per heavy atom. The number of carbonyl (C=O) groups is 1. The third kappa shape index (κ3) is 2.67. The van der Waals surface area contributed by atoms with Crippen molar-refractivity contribution in [3.63, 3.8) is 0 Å². The number of nitrogens with zero attached hydrogens (tertiary/aromatic N) is 2. The van der Waals surface area contributed by atoms with Crippen LogP contribution in [0.5, 0.6) is 0 Å². The molecule has 2 heterocycles. The van der Waals surface area contributed by atoms with Crippen molar-refractivity contribution < 1.29 is 13.9 Å². The minimum atomic E-state index is -0.441. The molecule has 0 amide bonds. The number of carbonyl (C=O) groups excluding carboxylic acids is 1. The van der Waals surface area contributed by atoms with Crippen LogP contribution in [0.4, 0.5) is 4.39 Å². The lowest BCUT2D eigenvalue weighted by atomic mass is 10.2. The second kappa shape index (κ2) is 5.77. The van der Waals surface area contributed by atoms with E-state index in [0.717, 1.165) is 5.56 Å². The van der Waals surface area contributed by atoms with Crippen LogP contribution in [0, 0.1) is 5.82 Å². The van der Waals surface area contributed by atoms with Crippen molar-refractivity contribution in [1.29, 1.82) is 0 Å². The van der Waals surface area contributed by atoms with Gasteiger partial charge in [-0.25, -0.2) is 14.2 Å². The number of rotatable bonds is 3. The van der Waals surface area contributed by atoms with E-state index < -0.39 is 5.97 Å². The molecule has 0 saturated heterocycles. The van der Waals surface area contributed by atoms with Gasteiger partial charge in [0.25, 0.3) is 0 Å². The average molecular weight is 319 g/mol. The Bertz CT molecular complexity index is 843. The van der Waals surface area contributed by atoms with E-state index in [-0.39, 0.29) is 5.82 Å². The Morgan fingerprint density at radius 2 is 2.05 bits per heavy atom. The zero-order chi connectivity index (χ0) is 15.7. The average Bonchev–Trinajstić information content (AvgIpc) is 2.93. The standard InChI is InChI=1S/C16H12ClFN2O2/c1-2-22-16(21)11-7-13(17)15-19-14(9-20(15)8-11)10-3-5-12(18)6-4-10/h3-9H,2H2,1H3. The van der Waals surface area contributed by atoms with E-state index in [1.807, 2.05) is 0 Å². The van der Waals surface area contributed by atoms with Crippen molar-refractivity contribution in [1.82, 2.24) is 9.38 Å². The lowest BCUT2D eigenvalue weighted by Crippen LogP contribution is -2.05. The van der Waals surface area contributed by atoms with E-state index in [2.05, 4.69) is 4.98 Å². The number of fused-ring (bicyclic) bond motifs is 1. The van der Waals surface area contributed by atoms with Gasteiger partial charge in [0.2, 0.25) is 0 Å². The first kappa shape index (κ1) is 14.5. The van der Waals surface area contributed by atoms with Crippen molar-refractivity contribution in [3.8, 4) is 11.3 Å². The molecule has 1 aromatic carbocycles. The van der Waals surface area contributed by atoms with Crippen LogP contribution in [0.3, 0.4) is 0 Å². The van der Waals surface area contributed by atoms with Gasteiger partial charge in [0.05, 0.1) is 22.9 Å². The predicted molar refractivity (Wildman–Crippen MR) is 81.6 cm³/mol. The highest BCUT2D eigenvalue weighted by molar-refractivity contribution is 6.33. The Labute approximate surface area is 131 Å². The van der Waals surface area contributed by atoms with Crippen LogP contribution in [0.2, 0.25) is 5.02 Å². The van der Waals surface area contributed by atoms with E-state index in [0.29, 0.717) is 28.5 Å². The molecular formula is C16H12ClFN2O2. The molecule has 4 nitrogen and oxygen atoms in total. The Morgan fingerprint density at radius 1 is 1.32 bits per heavy atom. The maximum Gasteiger partial charge on any atom is 0.339 e. The summed E-state index contributed by atoms with van der Waals surface area (Å²) in [6.07, 6.45) is 3.34. The number of benzene rings is 1. The molecule has 112 valence electrons. The van der Waals surface area contributed by atoms with Gasteiger partial charge in [-0.1, -0.05) is 11.6 Å². The van der Waals surface area contributed by atoms with E-state index >= 15 is 0 Å². The third-order valence-electron chi connectivity index (χ3n) is 3.16. The molecule has 0 aliphatic heterocycles. The number of imidazole rings is 1. The summed E-state index contributed by atoms with van der Waals surface area (Å²) >= 11 is 6.18. The molecule has 0 aliphatic rings. The summed E-state index contributed by atoms with van der Waals surface area (Å²) < 4.78 is 19.6. The first-order valence-electron chi connectivity index (χ1n) is 6.70. The number of hydrogen-bond donors (Lipinski definition) is 0. The van der Waals surface area contributed by atoms with E-state index in [9.17, 15) is 9.18 Å². The van der Waals surface area contributed by atoms with Crippen LogP contribution in [0.15, 0.2) is 42.7 Å². The Balaban J connectivity index is 2.07. The summed E-state index contributed by atoms with van der Waals surface area (Å²) in [6, 6.07) is 7.53. The van der Waals surface area contributed by atoms with E-state index in [1.165, 1.54) is 18.2 Å². The highest BCUT2D eigenvalue weighted by Gasteiger charge is 2.13. The molecule has 0 saturated carbocycles. The number of hydrogen-bond acceptors (Lipinski definition) is 3. The van der Waals surface area contributed by atoms with Gasteiger partial charge in [-0.15, -0.1) is 0 Å². The van der Waals surface area contributed by atoms with Crippen LogP contribution in [-0.4, -0.2) is 22.0 Å². The monoisotopic (exact) mass is 318 g/mol. The summed E-state index contributed by atoms with van der Waals surface area (Å²) in [7, 11) is 0. The number of esters is 1. The van der Waals surface area contributed by atoms with Crippen LogP contribution in [0.1, 0.15) is 17.3 Å². The summed E-state index contributed by atoms with van der Waals surface area (Å²) in [5.41, 5.74) is 2.28. The Kier molecular flexibility index (Phi) is 3.81. The lowest BCUT2D eigenvalue weighted by Gasteiger charge is -2.03. The second-order valence-electron chi connectivity index (χ2n) is 4.66. The van der Waals surface area contributed by atoms with Gasteiger partial charge in [0, 0.05) is 18.0 Å². The van der Waals surface area contributed by atoms with Gasteiger partial charge in [-0.3, -0.25) is 0 Å². The van der Waals surface area contributed by atoms with Crippen molar-refractivity contribution >= 4 is 23.2 Å². The maximum atomic E-state index is 13.0. The summed E-state index contributed by atoms with van der Waals surface area (Å²) in [5.74, 6) is -0.751. The lowest BCUT2D eigenvalue weighted by molar-refractivity contribution is 0.0526. The Hall–Kier alpha value is -2.40. The van der Waals surface area contributed by atoms with Gasteiger partial charge >= 0.3 is 5.97 Å². The predicted octanol–water partition coefficient (Wildman–Crippen LogP) is 3.97. The SMILES string of the molecule is CCOC(=O)c1cc(Cl)c2nc(-c3ccc(F)cc3)cn2c1. The zero-order valence-corrected chi connectivity index (χ0v) is 12.5. The van der Waals surface area contributed by atoms with E-state index in [4.69, 9.17) is 16.3 Å². The first-order chi connectivity index (χ1) is 10.6. The maximum absolute atomic E-state index is 13.0. The van der Waals surface area contributed by atoms with Crippen LogP contribution in [-0.2, 0) is 4.74 Å². The molecule has 3 aromatic rings. The molecular weight excluding hydrogens is 307 g/mol. The van der Waals surface area contributed by atoms with Gasteiger partial charge in [-0.05, 0) is 37.3 Å². The zero-order valence-electron chi connectivity index (χ0n) is 11.7. The molecule has 3 rings (SSSR count). The first-order valence-corrected chi connectivity index (χ1v) is 7.07. The topological polar surface area (TPSA) is 43.6 Å². The van der Waals surface area contributed by atoms with E-state index in [1.54, 1.807) is 35.9 Å². The van der Waals surface area contributed by atoms with Gasteiger partial charge in [-0.2, -0.15) is 0 Å². The smallest absolute Gasteiger partial charge is 0.339 e. The fourth-order valence-corrected chi connectivity index (χ4v) is 2.40. The molecule has 0 spiro atoms. The molecule has 0 unspecified atom stereocenters. The molecule has 2 aromatic heterocycles. The summed E-state index contributed by atoms with van der Waals surface area (Å²) in [6.45, 7) is 2.03. The van der Waals surface area contributed by atoms with Crippen LogP contribution >= 0.6 is 11.6 Å². The van der Waals surface area contributed by atoms with Crippen molar-refractivity contribution in [2.75, 3.05) is 6.61 Å².